The van der Waals surface area contributed by atoms with Crippen molar-refractivity contribution < 1.29 is 4.74 Å². The number of benzene rings is 1. The second kappa shape index (κ2) is 6.40. The minimum atomic E-state index is 0.564. The van der Waals surface area contributed by atoms with Crippen LogP contribution >= 0.6 is 0 Å². The Labute approximate surface area is 116 Å². The first kappa shape index (κ1) is 14.4. The number of hydrogen-bond donors (Lipinski definition) is 1. The third-order valence-corrected chi connectivity index (χ3v) is 4.20. The molecule has 3 heteroatoms. The Bertz CT molecular complexity index is 399. The topological polar surface area (TPSA) is 24.5 Å². The summed E-state index contributed by atoms with van der Waals surface area (Å²) in [5.41, 5.74) is 2.45. The van der Waals surface area contributed by atoms with Crippen LogP contribution in [0.3, 0.4) is 0 Å². The summed E-state index contributed by atoms with van der Waals surface area (Å²) in [7, 11) is 0. The number of para-hydroxylation sites is 1. The van der Waals surface area contributed by atoms with Gasteiger partial charge in [-0.3, -0.25) is 4.90 Å². The van der Waals surface area contributed by atoms with Gasteiger partial charge in [-0.15, -0.1) is 0 Å². The molecule has 19 heavy (non-hydrogen) atoms. The first-order valence-corrected chi connectivity index (χ1v) is 7.26. The summed E-state index contributed by atoms with van der Waals surface area (Å²) < 4.78 is 5.99. The van der Waals surface area contributed by atoms with Crippen LogP contribution in [0.4, 0.5) is 0 Å². The molecular weight excluding hydrogens is 236 g/mol. The quantitative estimate of drug-likeness (QED) is 0.901. The van der Waals surface area contributed by atoms with E-state index in [1.807, 2.05) is 0 Å². The van der Waals surface area contributed by atoms with Crippen molar-refractivity contribution in [2.24, 2.45) is 0 Å². The number of nitrogens with zero attached hydrogens (tertiary/aromatic N) is 1. The third kappa shape index (κ3) is 3.48. The second-order valence-electron chi connectivity index (χ2n) is 5.59. The van der Waals surface area contributed by atoms with E-state index in [-0.39, 0.29) is 0 Å². The molecule has 0 aromatic heterocycles. The van der Waals surface area contributed by atoms with Gasteiger partial charge in [0.1, 0.15) is 12.4 Å². The van der Waals surface area contributed by atoms with Crippen molar-refractivity contribution in [1.29, 1.82) is 0 Å². The summed E-state index contributed by atoms with van der Waals surface area (Å²) in [6.07, 6.45) is 0. The lowest BCUT2D eigenvalue weighted by Crippen LogP contribution is -2.56. The van der Waals surface area contributed by atoms with Crippen molar-refractivity contribution in [1.82, 2.24) is 10.2 Å². The number of ether oxygens (including phenoxy) is 1. The van der Waals surface area contributed by atoms with E-state index in [0.29, 0.717) is 12.1 Å². The molecule has 1 aromatic carbocycles. The summed E-state index contributed by atoms with van der Waals surface area (Å²) >= 11 is 0. The molecule has 0 radical (unpaired) electrons. The maximum atomic E-state index is 5.99. The highest BCUT2D eigenvalue weighted by molar-refractivity contribution is 5.39. The average molecular weight is 262 g/mol. The Balaban J connectivity index is 1.86. The van der Waals surface area contributed by atoms with Crippen molar-refractivity contribution >= 4 is 0 Å². The molecule has 2 rings (SSSR count). The van der Waals surface area contributed by atoms with E-state index in [1.165, 1.54) is 11.1 Å². The van der Waals surface area contributed by atoms with Gasteiger partial charge in [0.2, 0.25) is 0 Å². The molecule has 0 bridgehead atoms. The van der Waals surface area contributed by atoms with Gasteiger partial charge >= 0.3 is 0 Å². The number of nitrogens with one attached hydrogen (secondary N) is 1. The SMILES string of the molecule is Cc1cccc(C)c1OCCN1CCNC(C)C1C. The van der Waals surface area contributed by atoms with Crippen LogP contribution in [0.2, 0.25) is 0 Å². The lowest BCUT2D eigenvalue weighted by molar-refractivity contribution is 0.116. The zero-order valence-electron chi connectivity index (χ0n) is 12.6. The first-order valence-electron chi connectivity index (χ1n) is 7.26. The Morgan fingerprint density at radius 2 is 1.95 bits per heavy atom. The van der Waals surface area contributed by atoms with Crippen molar-refractivity contribution in [2.75, 3.05) is 26.2 Å². The first-order chi connectivity index (χ1) is 9.09. The highest BCUT2D eigenvalue weighted by Gasteiger charge is 2.23. The highest BCUT2D eigenvalue weighted by Crippen LogP contribution is 2.22. The largest absolute Gasteiger partial charge is 0.492 e. The Morgan fingerprint density at radius 1 is 1.26 bits per heavy atom. The van der Waals surface area contributed by atoms with E-state index in [4.69, 9.17) is 4.74 Å². The molecule has 1 saturated heterocycles. The van der Waals surface area contributed by atoms with Gasteiger partial charge in [-0.25, -0.2) is 0 Å². The van der Waals surface area contributed by atoms with E-state index < -0.39 is 0 Å². The zero-order chi connectivity index (χ0) is 13.8. The molecule has 1 N–H and O–H groups in total. The maximum Gasteiger partial charge on any atom is 0.125 e. The van der Waals surface area contributed by atoms with Gasteiger partial charge in [-0.1, -0.05) is 18.2 Å². The van der Waals surface area contributed by atoms with Gasteiger partial charge in [-0.05, 0) is 38.8 Å². The minimum Gasteiger partial charge on any atom is -0.492 e. The fourth-order valence-corrected chi connectivity index (χ4v) is 2.73. The Hall–Kier alpha value is -1.06. The fraction of sp³-hybridized carbons (Fsp3) is 0.625. The molecule has 0 amide bonds. The van der Waals surface area contributed by atoms with Crippen molar-refractivity contribution in [3.63, 3.8) is 0 Å². The van der Waals surface area contributed by atoms with Gasteiger partial charge in [0.25, 0.3) is 0 Å². The normalized spacial score (nSPS) is 24.4. The third-order valence-electron chi connectivity index (χ3n) is 4.20. The molecule has 1 fully saturated rings. The van der Waals surface area contributed by atoms with Crippen LogP contribution in [-0.2, 0) is 0 Å². The van der Waals surface area contributed by atoms with Crippen LogP contribution in [0.15, 0.2) is 18.2 Å². The molecule has 1 aromatic rings. The number of aryl methyl sites for hydroxylation is 2. The maximum absolute atomic E-state index is 5.99. The van der Waals surface area contributed by atoms with E-state index in [2.05, 4.69) is 56.1 Å². The zero-order valence-corrected chi connectivity index (χ0v) is 12.6. The van der Waals surface area contributed by atoms with E-state index in [0.717, 1.165) is 32.0 Å². The predicted molar refractivity (Wildman–Crippen MR) is 79.9 cm³/mol. The summed E-state index contributed by atoms with van der Waals surface area (Å²) in [6.45, 7) is 12.7. The molecule has 3 nitrogen and oxygen atoms in total. The summed E-state index contributed by atoms with van der Waals surface area (Å²) in [4.78, 5) is 2.51. The molecular formula is C16H26N2O. The van der Waals surface area contributed by atoms with Crippen molar-refractivity contribution in [2.45, 2.75) is 39.8 Å². The molecule has 106 valence electrons. The van der Waals surface area contributed by atoms with Gasteiger partial charge in [-0.2, -0.15) is 0 Å². The number of rotatable bonds is 4. The molecule has 1 heterocycles. The predicted octanol–water partition coefficient (Wildman–Crippen LogP) is 2.36. The average Bonchev–Trinajstić information content (AvgIpc) is 2.38. The number of piperazine rings is 1. The molecule has 1 aliphatic heterocycles. The molecule has 2 atom stereocenters. The van der Waals surface area contributed by atoms with E-state index >= 15 is 0 Å². The standard InChI is InChI=1S/C16H26N2O/c1-12-6-5-7-13(2)16(12)19-11-10-18-9-8-17-14(3)15(18)4/h5-7,14-15,17H,8-11H2,1-4H3. The van der Waals surface area contributed by atoms with Crippen LogP contribution < -0.4 is 10.1 Å². The van der Waals surface area contributed by atoms with Crippen molar-refractivity contribution in [3.05, 3.63) is 29.3 Å². The van der Waals surface area contributed by atoms with Crippen LogP contribution in [-0.4, -0.2) is 43.2 Å². The monoisotopic (exact) mass is 262 g/mol. The Kier molecular flexibility index (Phi) is 4.83. The van der Waals surface area contributed by atoms with Gasteiger partial charge in [0.15, 0.2) is 0 Å². The van der Waals surface area contributed by atoms with Crippen LogP contribution in [0.1, 0.15) is 25.0 Å². The lowest BCUT2D eigenvalue weighted by atomic mass is 10.1. The van der Waals surface area contributed by atoms with E-state index in [9.17, 15) is 0 Å². The minimum absolute atomic E-state index is 0.564. The Morgan fingerprint density at radius 3 is 2.63 bits per heavy atom. The smallest absolute Gasteiger partial charge is 0.125 e. The summed E-state index contributed by atoms with van der Waals surface area (Å²) in [5.74, 6) is 1.05. The number of hydrogen-bond acceptors (Lipinski definition) is 3. The summed E-state index contributed by atoms with van der Waals surface area (Å²) in [5, 5.41) is 3.51. The van der Waals surface area contributed by atoms with Crippen molar-refractivity contribution in [3.8, 4) is 5.75 Å². The van der Waals surface area contributed by atoms with Crippen LogP contribution in [0.25, 0.3) is 0 Å². The fourth-order valence-electron chi connectivity index (χ4n) is 2.73. The lowest BCUT2D eigenvalue weighted by Gasteiger charge is -2.38. The molecule has 2 unspecified atom stereocenters. The van der Waals surface area contributed by atoms with Gasteiger partial charge in [0, 0.05) is 31.7 Å². The molecule has 0 spiro atoms. The summed E-state index contributed by atoms with van der Waals surface area (Å²) in [6, 6.07) is 7.44. The van der Waals surface area contributed by atoms with Gasteiger partial charge in [0.05, 0.1) is 0 Å². The van der Waals surface area contributed by atoms with Crippen LogP contribution in [0.5, 0.6) is 5.75 Å². The second-order valence-corrected chi connectivity index (χ2v) is 5.59. The molecule has 0 aliphatic carbocycles. The molecule has 0 saturated carbocycles. The molecule has 1 aliphatic rings. The van der Waals surface area contributed by atoms with Crippen LogP contribution in [0, 0.1) is 13.8 Å². The van der Waals surface area contributed by atoms with Gasteiger partial charge < -0.3 is 10.1 Å². The highest BCUT2D eigenvalue weighted by atomic mass is 16.5. The van der Waals surface area contributed by atoms with E-state index in [1.54, 1.807) is 0 Å².